The lowest BCUT2D eigenvalue weighted by atomic mass is 10.3. The minimum atomic E-state index is -3.98. The Kier molecular flexibility index (Phi) is 4.47. The van der Waals surface area contributed by atoms with Gasteiger partial charge in [-0.3, -0.25) is 4.79 Å². The van der Waals surface area contributed by atoms with Crippen LogP contribution in [0.4, 0.5) is 0 Å². The van der Waals surface area contributed by atoms with E-state index in [-0.39, 0.29) is 4.90 Å². The van der Waals surface area contributed by atoms with Crippen LogP contribution in [0.2, 0.25) is 5.02 Å². The largest absolute Gasteiger partial charge is 0.480 e. The first kappa shape index (κ1) is 13.9. The van der Waals surface area contributed by atoms with Crippen molar-refractivity contribution in [2.75, 3.05) is 6.61 Å². The molecule has 0 radical (unpaired) electrons. The number of aliphatic carboxylic acids is 1. The van der Waals surface area contributed by atoms with Crippen molar-refractivity contribution in [1.29, 1.82) is 0 Å². The normalized spacial score (nSPS) is 13.3. The van der Waals surface area contributed by atoms with E-state index in [1.54, 1.807) is 0 Å². The Morgan fingerprint density at radius 1 is 1.35 bits per heavy atom. The highest BCUT2D eigenvalue weighted by Gasteiger charge is 2.24. The first-order valence-corrected chi connectivity index (χ1v) is 6.34. The van der Waals surface area contributed by atoms with E-state index in [9.17, 15) is 13.2 Å². The second kappa shape index (κ2) is 5.46. The van der Waals surface area contributed by atoms with E-state index < -0.39 is 28.6 Å². The SMILES string of the molecule is O=C(O)C(CO)NS(=O)(=O)c1ccc(Cl)cc1. The fraction of sp³-hybridized carbons (Fsp3) is 0.222. The van der Waals surface area contributed by atoms with Gasteiger partial charge in [-0.2, -0.15) is 4.72 Å². The monoisotopic (exact) mass is 279 g/mol. The fourth-order valence-corrected chi connectivity index (χ4v) is 2.34. The molecule has 0 amide bonds. The maximum Gasteiger partial charge on any atom is 0.324 e. The summed E-state index contributed by atoms with van der Waals surface area (Å²) in [6.45, 7) is -0.831. The van der Waals surface area contributed by atoms with Gasteiger partial charge in [0.25, 0.3) is 0 Å². The zero-order chi connectivity index (χ0) is 13.1. The molecule has 6 nitrogen and oxygen atoms in total. The molecule has 0 saturated heterocycles. The number of carbonyl (C=O) groups is 1. The molecule has 0 bridgehead atoms. The lowest BCUT2D eigenvalue weighted by Crippen LogP contribution is -2.43. The Morgan fingerprint density at radius 3 is 2.29 bits per heavy atom. The van der Waals surface area contributed by atoms with E-state index in [2.05, 4.69) is 0 Å². The Morgan fingerprint density at radius 2 is 1.88 bits per heavy atom. The quantitative estimate of drug-likeness (QED) is 0.707. The molecule has 1 aromatic carbocycles. The van der Waals surface area contributed by atoms with Crippen molar-refractivity contribution >= 4 is 27.6 Å². The van der Waals surface area contributed by atoms with Crippen molar-refractivity contribution in [3.05, 3.63) is 29.3 Å². The van der Waals surface area contributed by atoms with Gasteiger partial charge < -0.3 is 10.2 Å². The predicted molar refractivity (Wildman–Crippen MR) is 60.3 cm³/mol. The number of aliphatic hydroxyl groups is 1. The third-order valence-corrected chi connectivity index (χ3v) is 3.64. The lowest BCUT2D eigenvalue weighted by molar-refractivity contribution is -0.139. The maximum absolute atomic E-state index is 11.7. The highest BCUT2D eigenvalue weighted by atomic mass is 35.5. The molecule has 17 heavy (non-hydrogen) atoms. The summed E-state index contributed by atoms with van der Waals surface area (Å²) in [6, 6.07) is 3.63. The molecule has 0 saturated carbocycles. The Balaban J connectivity index is 2.96. The fourth-order valence-electron chi connectivity index (χ4n) is 1.03. The van der Waals surface area contributed by atoms with Gasteiger partial charge in [-0.25, -0.2) is 8.42 Å². The standard InChI is InChI=1S/C9H10ClNO5S/c10-6-1-3-7(4-2-6)17(15,16)11-8(5-12)9(13)14/h1-4,8,11-12H,5H2,(H,13,14). The average Bonchev–Trinajstić information content (AvgIpc) is 2.26. The molecule has 0 spiro atoms. The number of benzene rings is 1. The molecule has 0 fully saturated rings. The molecule has 0 heterocycles. The van der Waals surface area contributed by atoms with Crippen LogP contribution in [-0.2, 0) is 14.8 Å². The molecule has 0 aliphatic heterocycles. The van der Waals surface area contributed by atoms with Gasteiger partial charge in [-0.05, 0) is 24.3 Å². The number of carboxylic acid groups (broad SMARTS) is 1. The van der Waals surface area contributed by atoms with Gasteiger partial charge >= 0.3 is 5.97 Å². The second-order valence-corrected chi connectivity index (χ2v) is 5.30. The first-order valence-electron chi connectivity index (χ1n) is 4.48. The topological polar surface area (TPSA) is 104 Å². The number of aliphatic hydroxyl groups excluding tert-OH is 1. The third kappa shape index (κ3) is 3.67. The predicted octanol–water partition coefficient (Wildman–Crippen LogP) is 0.0638. The van der Waals surface area contributed by atoms with Gasteiger partial charge in [-0.1, -0.05) is 11.6 Å². The van der Waals surface area contributed by atoms with E-state index in [0.29, 0.717) is 5.02 Å². The van der Waals surface area contributed by atoms with E-state index in [0.717, 1.165) is 0 Å². The number of hydrogen-bond donors (Lipinski definition) is 3. The van der Waals surface area contributed by atoms with Crippen LogP contribution in [-0.4, -0.2) is 37.2 Å². The summed E-state index contributed by atoms with van der Waals surface area (Å²) < 4.78 is 25.2. The highest BCUT2D eigenvalue weighted by Crippen LogP contribution is 2.14. The van der Waals surface area contributed by atoms with Crippen LogP contribution in [0.3, 0.4) is 0 Å². The van der Waals surface area contributed by atoms with E-state index in [1.165, 1.54) is 24.3 Å². The first-order chi connectivity index (χ1) is 7.86. The van der Waals surface area contributed by atoms with E-state index in [1.807, 2.05) is 4.72 Å². The summed E-state index contributed by atoms with van der Waals surface area (Å²) in [5, 5.41) is 17.7. The number of halogens is 1. The molecular weight excluding hydrogens is 270 g/mol. The Labute approximate surface area is 103 Å². The Bertz CT molecular complexity index is 499. The van der Waals surface area contributed by atoms with E-state index in [4.69, 9.17) is 21.8 Å². The molecule has 3 N–H and O–H groups in total. The van der Waals surface area contributed by atoms with Crippen molar-refractivity contribution in [3.63, 3.8) is 0 Å². The van der Waals surface area contributed by atoms with Crippen molar-refractivity contribution in [1.82, 2.24) is 4.72 Å². The van der Waals surface area contributed by atoms with Crippen LogP contribution in [0, 0.1) is 0 Å². The molecule has 0 aliphatic rings. The van der Waals surface area contributed by atoms with Crippen molar-refractivity contribution < 1.29 is 23.4 Å². The number of carboxylic acids is 1. The minimum absolute atomic E-state index is 0.124. The van der Waals surface area contributed by atoms with Gasteiger partial charge in [0.2, 0.25) is 10.0 Å². The zero-order valence-electron chi connectivity index (χ0n) is 8.50. The van der Waals surface area contributed by atoms with Crippen molar-refractivity contribution in [2.24, 2.45) is 0 Å². The van der Waals surface area contributed by atoms with Gasteiger partial charge in [0.15, 0.2) is 0 Å². The summed E-state index contributed by atoms with van der Waals surface area (Å²) in [5.41, 5.74) is 0. The van der Waals surface area contributed by atoms with Crippen LogP contribution in [0.25, 0.3) is 0 Å². The second-order valence-electron chi connectivity index (χ2n) is 3.15. The molecule has 8 heteroatoms. The lowest BCUT2D eigenvalue weighted by Gasteiger charge is -2.12. The van der Waals surface area contributed by atoms with Crippen LogP contribution in [0.15, 0.2) is 29.2 Å². The van der Waals surface area contributed by atoms with Crippen molar-refractivity contribution in [3.8, 4) is 0 Å². The highest BCUT2D eigenvalue weighted by molar-refractivity contribution is 7.89. The third-order valence-electron chi connectivity index (χ3n) is 1.90. The number of nitrogens with one attached hydrogen (secondary N) is 1. The van der Waals surface area contributed by atoms with Crippen molar-refractivity contribution in [2.45, 2.75) is 10.9 Å². The summed E-state index contributed by atoms with van der Waals surface area (Å²) in [6.07, 6.45) is 0. The van der Waals surface area contributed by atoms with Crippen LogP contribution in [0.5, 0.6) is 0 Å². The average molecular weight is 280 g/mol. The zero-order valence-corrected chi connectivity index (χ0v) is 10.1. The summed E-state index contributed by atoms with van der Waals surface area (Å²) in [5.74, 6) is -1.45. The molecule has 1 rings (SSSR count). The smallest absolute Gasteiger partial charge is 0.324 e. The molecule has 94 valence electrons. The summed E-state index contributed by atoms with van der Waals surface area (Å²) in [4.78, 5) is 10.5. The van der Waals surface area contributed by atoms with Gasteiger partial charge in [0.05, 0.1) is 11.5 Å². The number of rotatable bonds is 5. The molecule has 0 aromatic heterocycles. The maximum atomic E-state index is 11.7. The van der Waals surface area contributed by atoms with Crippen LogP contribution >= 0.6 is 11.6 Å². The van der Waals surface area contributed by atoms with Gasteiger partial charge in [-0.15, -0.1) is 0 Å². The summed E-state index contributed by atoms with van der Waals surface area (Å²) in [7, 11) is -3.98. The molecule has 1 aromatic rings. The molecule has 0 aliphatic carbocycles. The molecule has 1 atom stereocenters. The molecule has 1 unspecified atom stereocenters. The molecular formula is C9H10ClNO5S. The van der Waals surface area contributed by atoms with E-state index >= 15 is 0 Å². The number of hydrogen-bond acceptors (Lipinski definition) is 4. The van der Waals surface area contributed by atoms with Crippen LogP contribution < -0.4 is 4.72 Å². The minimum Gasteiger partial charge on any atom is -0.480 e. The van der Waals surface area contributed by atoms with Gasteiger partial charge in [0, 0.05) is 5.02 Å². The van der Waals surface area contributed by atoms with Crippen LogP contribution in [0.1, 0.15) is 0 Å². The van der Waals surface area contributed by atoms with Gasteiger partial charge in [0.1, 0.15) is 6.04 Å². The Hall–Kier alpha value is -1.15. The number of sulfonamides is 1. The summed E-state index contributed by atoms with van der Waals surface area (Å²) >= 11 is 5.60.